The lowest BCUT2D eigenvalue weighted by Gasteiger charge is -2.09. The molecule has 78 valence electrons. The first-order valence-corrected chi connectivity index (χ1v) is 5.09. The maximum Gasteiger partial charge on any atom is 0.220 e. The van der Waals surface area contributed by atoms with Crippen LogP contribution in [0.4, 0.5) is 11.6 Å². The highest BCUT2D eigenvalue weighted by Gasteiger charge is 2.08. The van der Waals surface area contributed by atoms with E-state index in [0.717, 1.165) is 42.8 Å². The molecule has 0 bridgehead atoms. The molecule has 14 heavy (non-hydrogen) atoms. The van der Waals surface area contributed by atoms with Crippen molar-refractivity contribution in [2.45, 2.75) is 39.5 Å². The standard InChI is InChI=1S/C10H18N4/c1-3-5-7-9(11)8(6-4-2)14-10(12)13-7/h3-6,11H2,1-2H3,(H2,12,13,14). The molecule has 0 unspecified atom stereocenters. The van der Waals surface area contributed by atoms with Crippen LogP contribution < -0.4 is 11.5 Å². The van der Waals surface area contributed by atoms with E-state index in [1.165, 1.54) is 0 Å². The van der Waals surface area contributed by atoms with Crippen molar-refractivity contribution in [2.24, 2.45) is 0 Å². The van der Waals surface area contributed by atoms with E-state index in [4.69, 9.17) is 11.5 Å². The van der Waals surface area contributed by atoms with Gasteiger partial charge >= 0.3 is 0 Å². The van der Waals surface area contributed by atoms with Crippen molar-refractivity contribution in [2.75, 3.05) is 11.5 Å². The molecule has 0 aromatic carbocycles. The fourth-order valence-corrected chi connectivity index (χ4v) is 1.44. The van der Waals surface area contributed by atoms with Crippen LogP contribution in [0.1, 0.15) is 38.1 Å². The van der Waals surface area contributed by atoms with Gasteiger partial charge in [0.1, 0.15) is 0 Å². The number of aromatic nitrogens is 2. The van der Waals surface area contributed by atoms with Gasteiger partial charge in [-0.05, 0) is 12.8 Å². The van der Waals surface area contributed by atoms with Crippen molar-refractivity contribution >= 4 is 11.6 Å². The summed E-state index contributed by atoms with van der Waals surface area (Å²) in [7, 11) is 0. The van der Waals surface area contributed by atoms with Gasteiger partial charge in [0.2, 0.25) is 5.95 Å². The van der Waals surface area contributed by atoms with Crippen molar-refractivity contribution in [3.63, 3.8) is 0 Å². The SMILES string of the molecule is CCCc1nc(N)nc(CCC)c1N. The van der Waals surface area contributed by atoms with Crippen molar-refractivity contribution in [1.29, 1.82) is 0 Å². The van der Waals surface area contributed by atoms with Gasteiger partial charge in [-0.3, -0.25) is 0 Å². The Labute approximate surface area is 84.7 Å². The maximum absolute atomic E-state index is 5.94. The molecule has 1 heterocycles. The fourth-order valence-electron chi connectivity index (χ4n) is 1.44. The summed E-state index contributed by atoms with van der Waals surface area (Å²) in [5.74, 6) is 0.339. The minimum Gasteiger partial charge on any atom is -0.396 e. The second kappa shape index (κ2) is 4.79. The van der Waals surface area contributed by atoms with E-state index in [2.05, 4.69) is 23.8 Å². The summed E-state index contributed by atoms with van der Waals surface area (Å²) < 4.78 is 0. The Morgan fingerprint density at radius 3 is 1.71 bits per heavy atom. The van der Waals surface area contributed by atoms with Crippen LogP contribution in [0.15, 0.2) is 0 Å². The Hall–Kier alpha value is -1.32. The van der Waals surface area contributed by atoms with E-state index >= 15 is 0 Å². The molecular weight excluding hydrogens is 176 g/mol. The number of nitrogens with two attached hydrogens (primary N) is 2. The lowest BCUT2D eigenvalue weighted by molar-refractivity contribution is 0.841. The molecule has 0 fully saturated rings. The number of nitrogen functional groups attached to an aromatic ring is 2. The van der Waals surface area contributed by atoms with Gasteiger partial charge < -0.3 is 11.5 Å². The largest absolute Gasteiger partial charge is 0.396 e. The number of hydrogen-bond acceptors (Lipinski definition) is 4. The monoisotopic (exact) mass is 194 g/mol. The summed E-state index contributed by atoms with van der Waals surface area (Å²) in [4.78, 5) is 8.29. The molecule has 4 nitrogen and oxygen atoms in total. The lowest BCUT2D eigenvalue weighted by atomic mass is 10.1. The minimum atomic E-state index is 0.339. The van der Waals surface area contributed by atoms with Crippen LogP contribution in [0.3, 0.4) is 0 Å². The van der Waals surface area contributed by atoms with E-state index in [0.29, 0.717) is 5.95 Å². The summed E-state index contributed by atoms with van der Waals surface area (Å²) in [6.45, 7) is 4.19. The molecule has 0 aliphatic carbocycles. The molecule has 1 aromatic heterocycles. The third kappa shape index (κ3) is 2.34. The second-order valence-electron chi connectivity index (χ2n) is 3.39. The minimum absolute atomic E-state index is 0.339. The normalized spacial score (nSPS) is 10.4. The summed E-state index contributed by atoms with van der Waals surface area (Å²) >= 11 is 0. The first-order chi connectivity index (χ1) is 6.69. The molecule has 0 saturated carbocycles. The molecule has 0 spiro atoms. The third-order valence-corrected chi connectivity index (χ3v) is 2.09. The highest BCUT2D eigenvalue weighted by atomic mass is 15.0. The molecule has 4 N–H and O–H groups in total. The zero-order chi connectivity index (χ0) is 10.6. The fraction of sp³-hybridized carbons (Fsp3) is 0.600. The molecule has 0 aliphatic rings. The average Bonchev–Trinajstić information content (AvgIpc) is 2.14. The van der Waals surface area contributed by atoms with Gasteiger partial charge in [0.15, 0.2) is 0 Å². The van der Waals surface area contributed by atoms with E-state index in [1.54, 1.807) is 0 Å². The van der Waals surface area contributed by atoms with Gasteiger partial charge in [0.05, 0.1) is 17.1 Å². The molecule has 1 aromatic rings. The van der Waals surface area contributed by atoms with E-state index < -0.39 is 0 Å². The van der Waals surface area contributed by atoms with Crippen LogP contribution in [0.2, 0.25) is 0 Å². The third-order valence-electron chi connectivity index (χ3n) is 2.09. The first kappa shape index (κ1) is 10.8. The lowest BCUT2D eigenvalue weighted by Crippen LogP contribution is -2.09. The van der Waals surface area contributed by atoms with Gasteiger partial charge in [-0.25, -0.2) is 9.97 Å². The van der Waals surface area contributed by atoms with Crippen molar-refractivity contribution in [1.82, 2.24) is 9.97 Å². The molecule has 0 atom stereocenters. The number of rotatable bonds is 4. The Balaban J connectivity index is 3.04. The number of hydrogen-bond donors (Lipinski definition) is 2. The van der Waals surface area contributed by atoms with Gasteiger partial charge in [0.25, 0.3) is 0 Å². The molecule has 0 radical (unpaired) electrons. The van der Waals surface area contributed by atoms with Crippen molar-refractivity contribution in [3.8, 4) is 0 Å². The van der Waals surface area contributed by atoms with Crippen molar-refractivity contribution in [3.05, 3.63) is 11.4 Å². The second-order valence-corrected chi connectivity index (χ2v) is 3.39. The van der Waals surface area contributed by atoms with Gasteiger partial charge in [-0.1, -0.05) is 26.7 Å². The molecular formula is C10H18N4. The Kier molecular flexibility index (Phi) is 3.68. The number of anilines is 2. The van der Waals surface area contributed by atoms with Gasteiger partial charge in [-0.15, -0.1) is 0 Å². The topological polar surface area (TPSA) is 77.8 Å². The predicted molar refractivity (Wildman–Crippen MR) is 58.8 cm³/mol. The molecule has 0 saturated heterocycles. The Morgan fingerprint density at radius 2 is 1.36 bits per heavy atom. The Morgan fingerprint density at radius 1 is 0.929 bits per heavy atom. The van der Waals surface area contributed by atoms with Crippen LogP contribution in [-0.4, -0.2) is 9.97 Å². The Bertz CT molecular complexity index is 282. The van der Waals surface area contributed by atoms with Crippen LogP contribution >= 0.6 is 0 Å². The summed E-state index contributed by atoms with van der Waals surface area (Å²) in [5.41, 5.74) is 14.1. The zero-order valence-corrected chi connectivity index (χ0v) is 8.88. The molecule has 0 amide bonds. The molecule has 0 aliphatic heterocycles. The van der Waals surface area contributed by atoms with Crippen LogP contribution in [0, 0.1) is 0 Å². The number of aryl methyl sites for hydroxylation is 2. The number of nitrogens with zero attached hydrogens (tertiary/aromatic N) is 2. The van der Waals surface area contributed by atoms with Crippen LogP contribution in [-0.2, 0) is 12.8 Å². The summed E-state index contributed by atoms with van der Waals surface area (Å²) in [5, 5.41) is 0. The quantitative estimate of drug-likeness (QED) is 0.762. The van der Waals surface area contributed by atoms with Crippen molar-refractivity contribution < 1.29 is 0 Å². The highest BCUT2D eigenvalue weighted by molar-refractivity contribution is 5.50. The zero-order valence-electron chi connectivity index (χ0n) is 8.88. The van der Waals surface area contributed by atoms with E-state index in [1.807, 2.05) is 0 Å². The summed E-state index contributed by atoms with van der Waals surface area (Å²) in [6.07, 6.45) is 3.78. The molecule has 4 heteroatoms. The van der Waals surface area contributed by atoms with Crippen LogP contribution in [0.25, 0.3) is 0 Å². The smallest absolute Gasteiger partial charge is 0.220 e. The van der Waals surface area contributed by atoms with E-state index in [-0.39, 0.29) is 0 Å². The van der Waals surface area contributed by atoms with Gasteiger partial charge in [0, 0.05) is 0 Å². The predicted octanol–water partition coefficient (Wildman–Crippen LogP) is 1.55. The molecule has 1 rings (SSSR count). The maximum atomic E-state index is 5.94. The van der Waals surface area contributed by atoms with E-state index in [9.17, 15) is 0 Å². The van der Waals surface area contributed by atoms with Crippen LogP contribution in [0.5, 0.6) is 0 Å². The first-order valence-electron chi connectivity index (χ1n) is 5.09. The van der Waals surface area contributed by atoms with Gasteiger partial charge in [-0.2, -0.15) is 0 Å². The summed E-state index contributed by atoms with van der Waals surface area (Å²) in [6, 6.07) is 0. The average molecular weight is 194 g/mol. The highest BCUT2D eigenvalue weighted by Crippen LogP contribution is 2.18.